The Morgan fingerprint density at radius 3 is 2.79 bits per heavy atom. The summed E-state index contributed by atoms with van der Waals surface area (Å²) in [6.45, 7) is 0.212. The molecular weight excluding hydrogens is 320 g/mol. The van der Waals surface area contributed by atoms with E-state index >= 15 is 0 Å². The fraction of sp³-hybridized carbons (Fsp3) is 0.125. The Kier molecular flexibility index (Phi) is 4.03. The second-order valence-electron chi connectivity index (χ2n) is 5.13. The number of amides is 1. The summed E-state index contributed by atoms with van der Waals surface area (Å²) in [6.07, 6.45) is 2.52. The molecule has 124 valence electrons. The van der Waals surface area contributed by atoms with Crippen LogP contribution >= 0.6 is 0 Å². The van der Waals surface area contributed by atoms with Crippen LogP contribution in [-0.4, -0.2) is 32.2 Å². The van der Waals surface area contributed by atoms with Gasteiger partial charge < -0.3 is 19.9 Å². The SMILES string of the molecule is O=C(O)NCCc1cnc2ccc(-c3ccc(F)c(F)c3O)cn12. The third-order valence-corrected chi connectivity index (χ3v) is 3.62. The number of imidazole rings is 1. The summed E-state index contributed by atoms with van der Waals surface area (Å²) >= 11 is 0. The number of carboxylic acid groups (broad SMARTS) is 1. The zero-order valence-corrected chi connectivity index (χ0v) is 12.3. The lowest BCUT2D eigenvalue weighted by Crippen LogP contribution is -2.23. The van der Waals surface area contributed by atoms with Crippen LogP contribution in [0, 0.1) is 11.6 Å². The van der Waals surface area contributed by atoms with Crippen molar-refractivity contribution >= 4 is 11.7 Å². The average molecular weight is 333 g/mol. The number of fused-ring (bicyclic) bond motifs is 1. The largest absolute Gasteiger partial charge is 0.504 e. The first-order valence-corrected chi connectivity index (χ1v) is 7.07. The third-order valence-electron chi connectivity index (χ3n) is 3.62. The predicted octanol–water partition coefficient (Wildman–Crippen LogP) is 2.80. The number of rotatable bonds is 4. The Labute approximate surface area is 135 Å². The van der Waals surface area contributed by atoms with E-state index < -0.39 is 23.5 Å². The quantitative estimate of drug-likeness (QED) is 0.685. The van der Waals surface area contributed by atoms with Crippen LogP contribution in [0.1, 0.15) is 5.69 Å². The molecule has 0 unspecified atom stereocenters. The van der Waals surface area contributed by atoms with E-state index in [4.69, 9.17) is 5.11 Å². The zero-order chi connectivity index (χ0) is 17.3. The molecule has 0 aliphatic heterocycles. The van der Waals surface area contributed by atoms with Crippen LogP contribution in [0.2, 0.25) is 0 Å². The fourth-order valence-corrected chi connectivity index (χ4v) is 2.45. The van der Waals surface area contributed by atoms with Gasteiger partial charge in [-0.15, -0.1) is 0 Å². The molecule has 6 nitrogen and oxygen atoms in total. The van der Waals surface area contributed by atoms with Crippen LogP contribution in [0.5, 0.6) is 5.75 Å². The number of nitrogens with one attached hydrogen (secondary N) is 1. The Hall–Kier alpha value is -3.16. The molecule has 0 radical (unpaired) electrons. The Morgan fingerprint density at radius 2 is 2.04 bits per heavy atom. The van der Waals surface area contributed by atoms with Crippen molar-refractivity contribution in [1.82, 2.24) is 14.7 Å². The molecule has 1 aromatic carbocycles. The molecule has 0 saturated carbocycles. The first-order chi connectivity index (χ1) is 11.5. The monoisotopic (exact) mass is 333 g/mol. The Bertz CT molecular complexity index is 924. The van der Waals surface area contributed by atoms with Crippen LogP contribution in [0.25, 0.3) is 16.8 Å². The van der Waals surface area contributed by atoms with Gasteiger partial charge in [0.25, 0.3) is 0 Å². The molecular formula is C16H13F2N3O3. The van der Waals surface area contributed by atoms with Gasteiger partial charge in [-0.1, -0.05) is 0 Å². The van der Waals surface area contributed by atoms with Crippen LogP contribution in [-0.2, 0) is 6.42 Å². The number of aromatic hydroxyl groups is 1. The van der Waals surface area contributed by atoms with E-state index in [0.29, 0.717) is 17.6 Å². The first kappa shape index (κ1) is 15.7. The van der Waals surface area contributed by atoms with Crippen LogP contribution < -0.4 is 5.32 Å². The van der Waals surface area contributed by atoms with E-state index in [1.165, 1.54) is 6.07 Å². The Morgan fingerprint density at radius 1 is 1.25 bits per heavy atom. The summed E-state index contributed by atoms with van der Waals surface area (Å²) in [4.78, 5) is 14.7. The second kappa shape index (κ2) is 6.15. The standard InChI is InChI=1S/C16H13F2N3O3/c17-12-3-2-11(15(22)14(12)18)9-1-4-13-20-7-10(21(13)8-9)5-6-19-16(23)24/h1-4,7-8,19,22H,5-6H2,(H,23,24). The van der Waals surface area contributed by atoms with Gasteiger partial charge in [-0.2, -0.15) is 4.39 Å². The lowest BCUT2D eigenvalue weighted by molar-refractivity contribution is 0.194. The van der Waals surface area contributed by atoms with Crippen molar-refractivity contribution in [2.75, 3.05) is 6.54 Å². The van der Waals surface area contributed by atoms with Crippen molar-refractivity contribution in [3.05, 3.63) is 54.0 Å². The molecule has 0 atom stereocenters. The zero-order valence-electron chi connectivity index (χ0n) is 12.3. The summed E-state index contributed by atoms with van der Waals surface area (Å²) in [7, 11) is 0. The molecule has 0 bridgehead atoms. The van der Waals surface area contributed by atoms with E-state index in [1.54, 1.807) is 28.9 Å². The van der Waals surface area contributed by atoms with Gasteiger partial charge in [0, 0.05) is 42.2 Å². The highest BCUT2D eigenvalue weighted by molar-refractivity contribution is 5.71. The number of aromatic nitrogens is 2. The summed E-state index contributed by atoms with van der Waals surface area (Å²) in [5.41, 5.74) is 1.98. The van der Waals surface area contributed by atoms with Gasteiger partial charge in [0.05, 0.1) is 0 Å². The van der Waals surface area contributed by atoms with Gasteiger partial charge in [0.15, 0.2) is 11.6 Å². The molecule has 2 aromatic heterocycles. The van der Waals surface area contributed by atoms with E-state index in [-0.39, 0.29) is 12.1 Å². The number of hydrogen-bond acceptors (Lipinski definition) is 3. The first-order valence-electron chi connectivity index (χ1n) is 7.07. The minimum atomic E-state index is -1.30. The van der Waals surface area contributed by atoms with Gasteiger partial charge in [-0.3, -0.25) is 0 Å². The van der Waals surface area contributed by atoms with Gasteiger partial charge in [-0.25, -0.2) is 14.2 Å². The number of nitrogens with zero attached hydrogens (tertiary/aromatic N) is 2. The molecule has 1 amide bonds. The van der Waals surface area contributed by atoms with Gasteiger partial charge in [-0.05, 0) is 24.3 Å². The minimum absolute atomic E-state index is 0.152. The third kappa shape index (κ3) is 2.85. The highest BCUT2D eigenvalue weighted by Gasteiger charge is 2.15. The molecule has 0 saturated heterocycles. The fourth-order valence-electron chi connectivity index (χ4n) is 2.45. The molecule has 0 fully saturated rings. The maximum absolute atomic E-state index is 13.5. The molecule has 2 heterocycles. The summed E-state index contributed by atoms with van der Waals surface area (Å²) in [6, 6.07) is 5.54. The van der Waals surface area contributed by atoms with Crippen molar-refractivity contribution < 1.29 is 23.8 Å². The van der Waals surface area contributed by atoms with Gasteiger partial charge in [0.1, 0.15) is 5.65 Å². The van der Waals surface area contributed by atoms with E-state index in [1.807, 2.05) is 0 Å². The summed E-state index contributed by atoms with van der Waals surface area (Å²) < 4.78 is 28.4. The molecule has 0 spiro atoms. The Balaban J connectivity index is 1.99. The highest BCUT2D eigenvalue weighted by Crippen LogP contribution is 2.32. The normalized spacial score (nSPS) is 10.9. The lowest BCUT2D eigenvalue weighted by atomic mass is 10.1. The second-order valence-corrected chi connectivity index (χ2v) is 5.13. The predicted molar refractivity (Wildman–Crippen MR) is 81.9 cm³/mol. The lowest BCUT2D eigenvalue weighted by Gasteiger charge is -2.08. The van der Waals surface area contributed by atoms with Crippen LogP contribution in [0.3, 0.4) is 0 Å². The van der Waals surface area contributed by atoms with Crippen LogP contribution in [0.4, 0.5) is 13.6 Å². The van der Waals surface area contributed by atoms with Crippen molar-refractivity contribution in [2.24, 2.45) is 0 Å². The van der Waals surface area contributed by atoms with Gasteiger partial charge >= 0.3 is 6.09 Å². The molecule has 8 heteroatoms. The summed E-state index contributed by atoms with van der Waals surface area (Å²) in [5.74, 6) is -3.19. The smallest absolute Gasteiger partial charge is 0.404 e. The van der Waals surface area contributed by atoms with Crippen molar-refractivity contribution in [2.45, 2.75) is 6.42 Å². The minimum Gasteiger partial charge on any atom is -0.504 e. The number of pyridine rings is 1. The average Bonchev–Trinajstić information content (AvgIpc) is 2.95. The molecule has 24 heavy (non-hydrogen) atoms. The number of benzene rings is 1. The molecule has 3 aromatic rings. The van der Waals surface area contributed by atoms with E-state index in [2.05, 4.69) is 10.3 Å². The number of phenolic OH excluding ortho intramolecular Hbond substituents is 1. The molecule has 0 aliphatic carbocycles. The number of phenols is 1. The van der Waals surface area contributed by atoms with Crippen molar-refractivity contribution in [1.29, 1.82) is 0 Å². The maximum Gasteiger partial charge on any atom is 0.404 e. The highest BCUT2D eigenvalue weighted by atomic mass is 19.2. The number of carbonyl (C=O) groups is 1. The maximum atomic E-state index is 13.5. The molecule has 3 rings (SSSR count). The molecule has 3 N–H and O–H groups in total. The number of hydrogen-bond donors (Lipinski definition) is 3. The number of halogens is 2. The summed E-state index contributed by atoms with van der Waals surface area (Å²) in [5, 5.41) is 20.7. The topological polar surface area (TPSA) is 86.9 Å². The molecule has 0 aliphatic rings. The van der Waals surface area contributed by atoms with E-state index in [0.717, 1.165) is 11.8 Å². The van der Waals surface area contributed by atoms with Crippen molar-refractivity contribution in [3.8, 4) is 16.9 Å². The van der Waals surface area contributed by atoms with Crippen molar-refractivity contribution in [3.63, 3.8) is 0 Å². The van der Waals surface area contributed by atoms with E-state index in [9.17, 15) is 18.7 Å². The van der Waals surface area contributed by atoms with Gasteiger partial charge in [0.2, 0.25) is 5.82 Å². The van der Waals surface area contributed by atoms with Crippen LogP contribution in [0.15, 0.2) is 36.7 Å².